The third kappa shape index (κ3) is 3.02. The van der Waals surface area contributed by atoms with E-state index in [1.807, 2.05) is 0 Å². The number of hydrogen-bond donors (Lipinski definition) is 1. The SMILES string of the molecule is CC1CC(N)CC(C)(C)C1OC(=O)CC1CC2C=CC1O2. The van der Waals surface area contributed by atoms with Crippen molar-refractivity contribution in [3.8, 4) is 0 Å². The molecule has 0 aromatic rings. The van der Waals surface area contributed by atoms with Crippen LogP contribution in [0.25, 0.3) is 0 Å². The van der Waals surface area contributed by atoms with Crippen molar-refractivity contribution >= 4 is 5.97 Å². The lowest BCUT2D eigenvalue weighted by atomic mass is 9.68. The molecule has 21 heavy (non-hydrogen) atoms. The van der Waals surface area contributed by atoms with Crippen molar-refractivity contribution in [2.45, 2.75) is 70.8 Å². The minimum atomic E-state index is -0.0788. The Bertz CT molecular complexity index is 445. The average molecular weight is 293 g/mol. The number of carbonyl (C=O) groups is 1. The molecule has 1 saturated carbocycles. The Kier molecular flexibility index (Phi) is 3.87. The van der Waals surface area contributed by atoms with Crippen LogP contribution in [-0.2, 0) is 14.3 Å². The van der Waals surface area contributed by atoms with Crippen LogP contribution in [0.15, 0.2) is 12.2 Å². The molecule has 0 aromatic heterocycles. The van der Waals surface area contributed by atoms with E-state index in [2.05, 4.69) is 32.9 Å². The molecule has 0 spiro atoms. The molecule has 1 aliphatic carbocycles. The maximum absolute atomic E-state index is 12.3. The zero-order valence-electron chi connectivity index (χ0n) is 13.2. The van der Waals surface area contributed by atoms with Gasteiger partial charge in [0.05, 0.1) is 18.6 Å². The van der Waals surface area contributed by atoms with Gasteiger partial charge in [-0.15, -0.1) is 0 Å². The highest BCUT2D eigenvalue weighted by Gasteiger charge is 2.44. The maximum Gasteiger partial charge on any atom is 0.306 e. The second-order valence-corrected chi connectivity index (χ2v) is 7.80. The largest absolute Gasteiger partial charge is 0.461 e. The lowest BCUT2D eigenvalue weighted by molar-refractivity contribution is -0.165. The monoisotopic (exact) mass is 293 g/mol. The summed E-state index contributed by atoms with van der Waals surface area (Å²) in [5.41, 5.74) is 6.06. The molecule has 0 radical (unpaired) electrons. The second-order valence-electron chi connectivity index (χ2n) is 7.80. The van der Waals surface area contributed by atoms with Gasteiger partial charge in [0.1, 0.15) is 6.10 Å². The zero-order valence-corrected chi connectivity index (χ0v) is 13.2. The molecule has 2 aliphatic heterocycles. The Balaban J connectivity index is 1.57. The summed E-state index contributed by atoms with van der Waals surface area (Å²) in [6.45, 7) is 6.45. The van der Waals surface area contributed by atoms with Crippen LogP contribution in [0, 0.1) is 17.3 Å². The second kappa shape index (κ2) is 5.40. The van der Waals surface area contributed by atoms with Crippen molar-refractivity contribution < 1.29 is 14.3 Å². The number of carbonyl (C=O) groups excluding carboxylic acids is 1. The predicted octanol–water partition coefficient (Wildman–Crippen LogP) is 2.42. The van der Waals surface area contributed by atoms with Gasteiger partial charge in [-0.2, -0.15) is 0 Å². The van der Waals surface area contributed by atoms with Crippen molar-refractivity contribution in [3.63, 3.8) is 0 Å². The third-order valence-corrected chi connectivity index (χ3v) is 5.28. The molecule has 3 rings (SSSR count). The summed E-state index contributed by atoms with van der Waals surface area (Å²) in [5.74, 6) is 0.533. The van der Waals surface area contributed by atoms with Gasteiger partial charge >= 0.3 is 5.97 Å². The van der Waals surface area contributed by atoms with Crippen LogP contribution in [0.3, 0.4) is 0 Å². The number of fused-ring (bicyclic) bond motifs is 2. The lowest BCUT2D eigenvalue weighted by Crippen LogP contribution is -2.49. The highest BCUT2D eigenvalue weighted by Crippen LogP contribution is 2.41. The molecule has 6 unspecified atom stereocenters. The number of rotatable bonds is 3. The molecule has 2 bridgehead atoms. The fourth-order valence-corrected chi connectivity index (χ4v) is 4.49. The zero-order chi connectivity index (χ0) is 15.2. The molecule has 118 valence electrons. The number of ether oxygens (including phenoxy) is 2. The van der Waals surface area contributed by atoms with Crippen molar-refractivity contribution in [2.75, 3.05) is 0 Å². The summed E-state index contributed by atoms with van der Waals surface area (Å²) in [4.78, 5) is 12.3. The first kappa shape index (κ1) is 15.0. The van der Waals surface area contributed by atoms with Gasteiger partial charge in [-0.3, -0.25) is 4.79 Å². The van der Waals surface area contributed by atoms with E-state index in [0.29, 0.717) is 12.3 Å². The van der Waals surface area contributed by atoms with E-state index in [9.17, 15) is 4.79 Å². The lowest BCUT2D eigenvalue weighted by Gasteiger charge is -2.44. The Hall–Kier alpha value is -0.870. The Labute approximate surface area is 127 Å². The van der Waals surface area contributed by atoms with Crippen LogP contribution >= 0.6 is 0 Å². The number of esters is 1. The van der Waals surface area contributed by atoms with Gasteiger partial charge in [0.15, 0.2) is 0 Å². The minimum Gasteiger partial charge on any atom is -0.461 e. The van der Waals surface area contributed by atoms with Gasteiger partial charge in [0.2, 0.25) is 0 Å². The molecule has 1 saturated heterocycles. The normalized spacial score (nSPS) is 44.0. The van der Waals surface area contributed by atoms with E-state index >= 15 is 0 Å². The first-order valence-electron chi connectivity index (χ1n) is 8.14. The van der Waals surface area contributed by atoms with E-state index in [1.165, 1.54) is 0 Å². The summed E-state index contributed by atoms with van der Waals surface area (Å²) in [7, 11) is 0. The molecule has 6 atom stereocenters. The van der Waals surface area contributed by atoms with E-state index < -0.39 is 0 Å². The fraction of sp³-hybridized carbons (Fsp3) is 0.824. The summed E-state index contributed by atoms with van der Waals surface area (Å²) in [5, 5.41) is 0. The molecule has 4 heteroatoms. The van der Waals surface area contributed by atoms with Crippen LogP contribution in [0.2, 0.25) is 0 Å². The van der Waals surface area contributed by atoms with E-state index in [0.717, 1.165) is 19.3 Å². The van der Waals surface area contributed by atoms with Gasteiger partial charge in [-0.1, -0.05) is 32.9 Å². The van der Waals surface area contributed by atoms with E-state index in [-0.39, 0.29) is 41.7 Å². The van der Waals surface area contributed by atoms with Crippen molar-refractivity contribution in [1.82, 2.24) is 0 Å². The average Bonchev–Trinajstić information content (AvgIpc) is 2.95. The first-order valence-corrected chi connectivity index (χ1v) is 8.14. The summed E-state index contributed by atoms with van der Waals surface area (Å²) >= 11 is 0. The van der Waals surface area contributed by atoms with Gasteiger partial charge in [0.25, 0.3) is 0 Å². The summed E-state index contributed by atoms with van der Waals surface area (Å²) < 4.78 is 11.6. The Morgan fingerprint density at radius 3 is 2.71 bits per heavy atom. The van der Waals surface area contributed by atoms with Crippen LogP contribution in [0.4, 0.5) is 0 Å². The smallest absolute Gasteiger partial charge is 0.306 e. The molecular formula is C17H27NO3. The van der Waals surface area contributed by atoms with Gasteiger partial charge in [0, 0.05) is 17.4 Å². The third-order valence-electron chi connectivity index (χ3n) is 5.28. The van der Waals surface area contributed by atoms with Crippen LogP contribution in [0.1, 0.15) is 46.5 Å². The quantitative estimate of drug-likeness (QED) is 0.641. The van der Waals surface area contributed by atoms with Crippen molar-refractivity contribution in [1.29, 1.82) is 0 Å². The maximum atomic E-state index is 12.3. The highest BCUT2D eigenvalue weighted by atomic mass is 16.5. The number of hydrogen-bond acceptors (Lipinski definition) is 4. The molecule has 4 nitrogen and oxygen atoms in total. The molecule has 3 aliphatic rings. The topological polar surface area (TPSA) is 61.5 Å². The van der Waals surface area contributed by atoms with Crippen molar-refractivity contribution in [3.05, 3.63) is 12.2 Å². The van der Waals surface area contributed by atoms with Crippen LogP contribution in [-0.4, -0.2) is 30.3 Å². The molecule has 2 N–H and O–H groups in total. The molecule has 0 aromatic carbocycles. The molecular weight excluding hydrogens is 266 g/mol. The number of nitrogens with two attached hydrogens (primary N) is 1. The summed E-state index contributed by atoms with van der Waals surface area (Å²) in [6.07, 6.45) is 7.75. The van der Waals surface area contributed by atoms with E-state index in [4.69, 9.17) is 15.2 Å². The minimum absolute atomic E-state index is 0.0279. The molecule has 0 amide bonds. The van der Waals surface area contributed by atoms with Gasteiger partial charge in [-0.25, -0.2) is 0 Å². The van der Waals surface area contributed by atoms with E-state index in [1.54, 1.807) is 0 Å². The Morgan fingerprint density at radius 2 is 2.14 bits per heavy atom. The standard InChI is InChI=1S/C17H27NO3/c1-10-6-12(18)9-17(2,3)16(10)21-15(19)8-11-7-13-4-5-14(11)20-13/h4-5,10-14,16H,6-9,18H2,1-3H3. The predicted molar refractivity (Wildman–Crippen MR) is 80.6 cm³/mol. The van der Waals surface area contributed by atoms with Gasteiger partial charge < -0.3 is 15.2 Å². The molecule has 2 heterocycles. The van der Waals surface area contributed by atoms with Crippen LogP contribution < -0.4 is 5.73 Å². The first-order chi connectivity index (χ1) is 9.85. The highest BCUT2D eigenvalue weighted by molar-refractivity contribution is 5.70. The van der Waals surface area contributed by atoms with Crippen molar-refractivity contribution in [2.24, 2.45) is 23.0 Å². The molecule has 2 fully saturated rings. The Morgan fingerprint density at radius 1 is 1.38 bits per heavy atom. The van der Waals surface area contributed by atoms with Crippen LogP contribution in [0.5, 0.6) is 0 Å². The fourth-order valence-electron chi connectivity index (χ4n) is 4.49. The van der Waals surface area contributed by atoms with Gasteiger partial charge in [-0.05, 0) is 25.2 Å². The summed E-state index contributed by atoms with van der Waals surface area (Å²) in [6, 6.07) is 0.217.